The maximum Gasteiger partial charge on any atom is 0.275 e. The van der Waals surface area contributed by atoms with Crippen LogP contribution in [-0.4, -0.2) is 21.4 Å². The number of aryl methyl sites for hydroxylation is 1. The zero-order chi connectivity index (χ0) is 25.6. The van der Waals surface area contributed by atoms with Gasteiger partial charge in [-0.25, -0.2) is 9.69 Å². The maximum absolute atomic E-state index is 13.8. The average molecular weight is 540 g/mol. The first-order chi connectivity index (χ1) is 17.3. The molecular formula is C27H21Cl3N4O2. The zero-order valence-corrected chi connectivity index (χ0v) is 21.6. The van der Waals surface area contributed by atoms with Crippen LogP contribution in [0.3, 0.4) is 0 Å². The molecule has 3 aromatic carbocycles. The third-order valence-electron chi connectivity index (χ3n) is 6.34. The number of nitrogens with one attached hydrogen (secondary N) is 1. The van der Waals surface area contributed by atoms with E-state index in [-0.39, 0.29) is 11.5 Å². The molecule has 36 heavy (non-hydrogen) atoms. The molecule has 2 heterocycles. The van der Waals surface area contributed by atoms with Crippen LogP contribution in [0.1, 0.15) is 29.7 Å². The van der Waals surface area contributed by atoms with Gasteiger partial charge in [0.1, 0.15) is 0 Å². The average Bonchev–Trinajstić information content (AvgIpc) is 3.32. The van der Waals surface area contributed by atoms with Gasteiger partial charge in [-0.15, -0.1) is 0 Å². The molecule has 1 N–H and O–H groups in total. The molecule has 1 amide bonds. The van der Waals surface area contributed by atoms with Gasteiger partial charge < -0.3 is 0 Å². The first-order valence-corrected chi connectivity index (χ1v) is 12.4. The van der Waals surface area contributed by atoms with E-state index in [0.717, 1.165) is 0 Å². The van der Waals surface area contributed by atoms with Crippen molar-refractivity contribution in [2.45, 2.75) is 19.8 Å². The number of amides is 1. The van der Waals surface area contributed by atoms with Crippen LogP contribution in [-0.2, 0) is 4.79 Å². The number of nitrogens with zero attached hydrogens (tertiary/aromatic N) is 3. The molecule has 4 aromatic rings. The first kappa shape index (κ1) is 24.4. The highest BCUT2D eigenvalue weighted by Gasteiger charge is 2.44. The Morgan fingerprint density at radius 2 is 1.42 bits per heavy atom. The molecule has 182 valence electrons. The molecule has 9 heteroatoms. The highest BCUT2D eigenvalue weighted by molar-refractivity contribution is 6.32. The largest absolute Gasteiger partial charge is 0.295 e. The summed E-state index contributed by atoms with van der Waals surface area (Å²) in [5.74, 6) is -1.65. The fourth-order valence-corrected chi connectivity index (χ4v) is 5.16. The fourth-order valence-electron chi connectivity index (χ4n) is 4.66. The molecule has 1 aliphatic heterocycles. The lowest BCUT2D eigenvalue weighted by Crippen LogP contribution is -2.34. The number of hydrogen-bond donors (Lipinski definition) is 1. The smallest absolute Gasteiger partial charge is 0.275 e. The van der Waals surface area contributed by atoms with Gasteiger partial charge >= 0.3 is 0 Å². The van der Waals surface area contributed by atoms with Crippen LogP contribution in [0.15, 0.2) is 82.7 Å². The Kier molecular flexibility index (Phi) is 6.51. The second-order valence-corrected chi connectivity index (χ2v) is 9.89. The Bertz CT molecular complexity index is 1540. The van der Waals surface area contributed by atoms with Gasteiger partial charge in [-0.1, -0.05) is 53.0 Å². The van der Waals surface area contributed by atoms with Crippen LogP contribution in [0.4, 0.5) is 5.69 Å². The topological polar surface area (TPSA) is 70.5 Å². The van der Waals surface area contributed by atoms with Crippen molar-refractivity contribution < 1.29 is 4.79 Å². The minimum absolute atomic E-state index is 0.252. The lowest BCUT2D eigenvalue weighted by Gasteiger charge is -2.24. The highest BCUT2D eigenvalue weighted by Crippen LogP contribution is 2.41. The van der Waals surface area contributed by atoms with Gasteiger partial charge in [0.15, 0.2) is 0 Å². The second-order valence-electron chi connectivity index (χ2n) is 8.61. The van der Waals surface area contributed by atoms with Crippen LogP contribution in [0.25, 0.3) is 5.69 Å². The van der Waals surface area contributed by atoms with Crippen molar-refractivity contribution in [1.29, 1.82) is 0 Å². The van der Waals surface area contributed by atoms with Crippen LogP contribution < -0.4 is 10.6 Å². The van der Waals surface area contributed by atoms with E-state index in [1.165, 1.54) is 9.69 Å². The summed E-state index contributed by atoms with van der Waals surface area (Å²) in [6.07, 6.45) is 0. The lowest BCUT2D eigenvalue weighted by atomic mass is 9.78. The molecule has 0 radical (unpaired) electrons. The Morgan fingerprint density at radius 1 is 0.833 bits per heavy atom. The van der Waals surface area contributed by atoms with E-state index in [1.54, 1.807) is 61.5 Å². The molecule has 2 atom stereocenters. The van der Waals surface area contributed by atoms with Gasteiger partial charge in [0.25, 0.3) is 11.5 Å². The maximum atomic E-state index is 13.8. The molecule has 0 unspecified atom stereocenters. The summed E-state index contributed by atoms with van der Waals surface area (Å²) in [5, 5.41) is 10.7. The number of benzene rings is 3. The lowest BCUT2D eigenvalue weighted by molar-refractivity contribution is -0.120. The number of rotatable bonds is 5. The van der Waals surface area contributed by atoms with Crippen molar-refractivity contribution >= 4 is 52.1 Å². The van der Waals surface area contributed by atoms with Crippen LogP contribution in [0, 0.1) is 12.8 Å². The molecule has 0 aliphatic carbocycles. The molecule has 6 nitrogen and oxygen atoms in total. The van der Waals surface area contributed by atoms with Crippen molar-refractivity contribution in [2.24, 2.45) is 11.0 Å². The van der Waals surface area contributed by atoms with Crippen molar-refractivity contribution in [1.82, 2.24) is 9.78 Å². The molecule has 5 rings (SSSR count). The second kappa shape index (κ2) is 9.62. The molecule has 1 aliphatic rings. The van der Waals surface area contributed by atoms with Gasteiger partial charge in [-0.2, -0.15) is 5.10 Å². The Labute approximate surface area is 222 Å². The normalized spacial score (nSPS) is 16.4. The summed E-state index contributed by atoms with van der Waals surface area (Å²) in [6.45, 7) is 3.61. The SMILES string of the molecule is CC1=NN(c2ccc(Cl)cc2)C(=O)[C@H]1[C@H](c1ccccc1Cl)c1c(C)[nH]n(-c2ccc(Cl)cc2)c1=O. The number of hydrogen-bond acceptors (Lipinski definition) is 3. The van der Waals surface area contributed by atoms with E-state index in [2.05, 4.69) is 10.2 Å². The fraction of sp³-hybridized carbons (Fsp3) is 0.148. The van der Waals surface area contributed by atoms with E-state index in [1.807, 2.05) is 25.1 Å². The number of H-pyrrole nitrogens is 1. The monoisotopic (exact) mass is 538 g/mol. The van der Waals surface area contributed by atoms with Gasteiger partial charge in [-0.3, -0.25) is 14.7 Å². The summed E-state index contributed by atoms with van der Waals surface area (Å²) in [7, 11) is 0. The number of aromatic nitrogens is 2. The van der Waals surface area contributed by atoms with Crippen molar-refractivity contribution in [3.05, 3.63) is 115 Å². The van der Waals surface area contributed by atoms with Crippen molar-refractivity contribution in [2.75, 3.05) is 5.01 Å². The van der Waals surface area contributed by atoms with Crippen LogP contribution in [0.5, 0.6) is 0 Å². The summed E-state index contributed by atoms with van der Waals surface area (Å²) >= 11 is 18.7. The number of hydrazone groups is 1. The molecular weight excluding hydrogens is 519 g/mol. The van der Waals surface area contributed by atoms with Crippen LogP contribution in [0.2, 0.25) is 15.1 Å². The molecule has 0 saturated heterocycles. The predicted molar refractivity (Wildman–Crippen MR) is 145 cm³/mol. The summed E-state index contributed by atoms with van der Waals surface area (Å²) < 4.78 is 1.45. The predicted octanol–water partition coefficient (Wildman–Crippen LogP) is 6.61. The zero-order valence-electron chi connectivity index (χ0n) is 19.4. The third-order valence-corrected chi connectivity index (χ3v) is 7.19. The number of carbonyl (C=O) groups excluding carboxylic acids is 1. The first-order valence-electron chi connectivity index (χ1n) is 11.2. The Hall–Kier alpha value is -3.32. The molecule has 0 bridgehead atoms. The van der Waals surface area contributed by atoms with Gasteiger partial charge in [-0.05, 0) is 74.0 Å². The minimum atomic E-state index is -0.735. The molecule has 0 saturated carbocycles. The highest BCUT2D eigenvalue weighted by atomic mass is 35.5. The summed E-state index contributed by atoms with van der Waals surface area (Å²) in [4.78, 5) is 27.7. The number of anilines is 1. The van der Waals surface area contributed by atoms with E-state index < -0.39 is 11.8 Å². The van der Waals surface area contributed by atoms with E-state index in [4.69, 9.17) is 34.8 Å². The summed E-state index contributed by atoms with van der Waals surface area (Å²) in [6, 6.07) is 21.1. The Morgan fingerprint density at radius 3 is 2.03 bits per heavy atom. The Balaban J connectivity index is 1.66. The van der Waals surface area contributed by atoms with Gasteiger partial charge in [0, 0.05) is 38.0 Å². The van der Waals surface area contributed by atoms with Gasteiger partial charge in [0.05, 0.1) is 17.3 Å². The minimum Gasteiger partial charge on any atom is -0.295 e. The molecule has 0 fully saturated rings. The molecule has 1 aromatic heterocycles. The summed E-state index contributed by atoms with van der Waals surface area (Å²) in [5.41, 5.74) is 3.28. The van der Waals surface area contributed by atoms with Crippen molar-refractivity contribution in [3.63, 3.8) is 0 Å². The van der Waals surface area contributed by atoms with E-state index >= 15 is 0 Å². The van der Waals surface area contributed by atoms with E-state index in [0.29, 0.717) is 49.0 Å². The van der Waals surface area contributed by atoms with Gasteiger partial charge in [0.2, 0.25) is 0 Å². The van der Waals surface area contributed by atoms with E-state index in [9.17, 15) is 9.59 Å². The number of halogens is 3. The molecule has 0 spiro atoms. The number of carbonyl (C=O) groups is 1. The quantitative estimate of drug-likeness (QED) is 0.310. The van der Waals surface area contributed by atoms with Crippen LogP contribution >= 0.6 is 34.8 Å². The number of aromatic amines is 1. The third kappa shape index (κ3) is 4.26. The van der Waals surface area contributed by atoms with Crippen molar-refractivity contribution in [3.8, 4) is 5.69 Å². The standard InChI is InChI=1S/C27H21Cl3N4O2/c1-15-23(26(35)33(31-15)19-11-7-17(28)8-12-19)25(21-5-3-4-6-22(21)30)24-16(2)32-34(27(24)36)20-13-9-18(29)10-14-20/h3-14,23,25,32H,1-2H3/t23-,25+/m1/s1.